The number of likely N-dealkylation sites (tertiary alicyclic amines) is 1. The van der Waals surface area contributed by atoms with Gasteiger partial charge in [0.2, 0.25) is 0 Å². The predicted molar refractivity (Wildman–Crippen MR) is 131 cm³/mol. The Bertz CT molecular complexity index is 830. The van der Waals surface area contributed by atoms with E-state index in [-0.39, 0.29) is 5.60 Å². The summed E-state index contributed by atoms with van der Waals surface area (Å²) in [5.41, 5.74) is 3.45. The van der Waals surface area contributed by atoms with Gasteiger partial charge in [0.15, 0.2) is 0 Å². The van der Waals surface area contributed by atoms with Crippen molar-refractivity contribution in [2.45, 2.75) is 39.3 Å². The summed E-state index contributed by atoms with van der Waals surface area (Å²) in [7, 11) is 2.25. The quantitative estimate of drug-likeness (QED) is 0.715. The molecule has 0 radical (unpaired) electrons. The molecule has 3 heterocycles. The first kappa shape index (κ1) is 23.4. The molecule has 4 rings (SSSR count). The number of likely N-dealkylation sites (N-methyl/N-ethyl adjacent to an activating group) is 1. The van der Waals surface area contributed by atoms with Crippen LogP contribution in [0.3, 0.4) is 0 Å². The van der Waals surface area contributed by atoms with Crippen LogP contribution in [0.25, 0.3) is 11.3 Å². The molecule has 1 aromatic carbocycles. The fourth-order valence-electron chi connectivity index (χ4n) is 5.05. The molecule has 1 aromatic heterocycles. The zero-order valence-corrected chi connectivity index (χ0v) is 20.4. The molecule has 2 atom stereocenters. The van der Waals surface area contributed by atoms with Gasteiger partial charge in [0.1, 0.15) is 0 Å². The van der Waals surface area contributed by atoms with Crippen LogP contribution in [-0.2, 0) is 11.3 Å². The van der Waals surface area contributed by atoms with Crippen molar-refractivity contribution in [1.82, 2.24) is 24.9 Å². The Morgan fingerprint density at radius 2 is 1.78 bits per heavy atom. The molecule has 2 fully saturated rings. The van der Waals surface area contributed by atoms with Gasteiger partial charge in [-0.2, -0.15) is 5.10 Å². The third-order valence-corrected chi connectivity index (χ3v) is 6.85. The fourth-order valence-corrected chi connectivity index (χ4v) is 5.05. The van der Waals surface area contributed by atoms with Crippen LogP contribution in [0.15, 0.2) is 36.5 Å². The van der Waals surface area contributed by atoms with E-state index >= 15 is 0 Å². The van der Waals surface area contributed by atoms with Crippen molar-refractivity contribution in [3.63, 3.8) is 0 Å². The topological polar surface area (TPSA) is 47.6 Å². The molecular weight excluding hydrogens is 398 g/mol. The molecule has 6 nitrogen and oxygen atoms in total. The highest BCUT2D eigenvalue weighted by atomic mass is 16.5. The molecule has 2 aliphatic heterocycles. The summed E-state index contributed by atoms with van der Waals surface area (Å²) in [5, 5.41) is 7.66. The second-order valence-electron chi connectivity index (χ2n) is 10.7. The van der Waals surface area contributed by atoms with E-state index < -0.39 is 0 Å². The van der Waals surface area contributed by atoms with Gasteiger partial charge in [-0.3, -0.25) is 10.00 Å². The number of ether oxygens (including phenoxy) is 1. The van der Waals surface area contributed by atoms with E-state index in [4.69, 9.17) is 4.74 Å². The second kappa shape index (κ2) is 10.5. The molecule has 1 N–H and O–H groups in total. The number of nitrogens with zero attached hydrogens (tertiary/aromatic N) is 4. The number of hydrogen-bond acceptors (Lipinski definition) is 5. The third kappa shape index (κ3) is 6.41. The van der Waals surface area contributed by atoms with Crippen LogP contribution >= 0.6 is 0 Å². The lowest BCUT2D eigenvalue weighted by molar-refractivity contribution is -0.0283. The standard InChI is InChI=1S/C26H41N5O/c1-26(2,3)32-20-24-19-31(18-23(24)17-30-12-8-11-29(4)13-14-30)16-22-15-27-28-25(22)21-9-6-5-7-10-21/h5-7,9-10,15,23-24H,8,11-14,16-20H2,1-4H3,(H,27,28). The minimum Gasteiger partial charge on any atom is -0.376 e. The van der Waals surface area contributed by atoms with Crippen LogP contribution in [0.5, 0.6) is 0 Å². The zero-order chi connectivity index (χ0) is 22.6. The summed E-state index contributed by atoms with van der Waals surface area (Å²) < 4.78 is 6.28. The summed E-state index contributed by atoms with van der Waals surface area (Å²) in [6.07, 6.45) is 3.34. The van der Waals surface area contributed by atoms with Crippen molar-refractivity contribution in [3.05, 3.63) is 42.1 Å². The summed E-state index contributed by atoms with van der Waals surface area (Å²) in [5.74, 6) is 1.22. The lowest BCUT2D eigenvalue weighted by Gasteiger charge is -2.29. The van der Waals surface area contributed by atoms with E-state index in [0.29, 0.717) is 11.8 Å². The number of aromatic amines is 1. The van der Waals surface area contributed by atoms with Crippen LogP contribution < -0.4 is 0 Å². The van der Waals surface area contributed by atoms with Crippen LogP contribution in [-0.4, -0.2) is 90.0 Å². The van der Waals surface area contributed by atoms with E-state index in [0.717, 1.165) is 31.9 Å². The molecule has 0 bridgehead atoms. The van der Waals surface area contributed by atoms with Gasteiger partial charge < -0.3 is 14.5 Å². The summed E-state index contributed by atoms with van der Waals surface area (Å²) in [6, 6.07) is 10.5. The van der Waals surface area contributed by atoms with E-state index in [1.54, 1.807) is 0 Å². The lowest BCUT2D eigenvalue weighted by Crippen LogP contribution is -2.37. The SMILES string of the molecule is CN1CCCN(CC2CN(Cc3c[nH]nc3-c3ccccc3)CC2COC(C)(C)C)CC1. The summed E-state index contributed by atoms with van der Waals surface area (Å²) in [6.45, 7) is 16.5. The maximum Gasteiger partial charge on any atom is 0.0965 e. The molecule has 0 spiro atoms. The maximum atomic E-state index is 6.28. The van der Waals surface area contributed by atoms with E-state index in [1.807, 2.05) is 0 Å². The number of rotatable bonds is 7. The van der Waals surface area contributed by atoms with Gasteiger partial charge in [-0.05, 0) is 53.2 Å². The van der Waals surface area contributed by atoms with Crippen molar-refractivity contribution >= 4 is 0 Å². The molecule has 0 aliphatic carbocycles. The van der Waals surface area contributed by atoms with Gasteiger partial charge in [0.25, 0.3) is 0 Å². The fraction of sp³-hybridized carbons (Fsp3) is 0.654. The van der Waals surface area contributed by atoms with Crippen LogP contribution in [0.1, 0.15) is 32.8 Å². The highest BCUT2D eigenvalue weighted by molar-refractivity contribution is 5.62. The van der Waals surface area contributed by atoms with Gasteiger partial charge in [0, 0.05) is 62.5 Å². The first-order valence-corrected chi connectivity index (χ1v) is 12.2. The van der Waals surface area contributed by atoms with E-state index in [9.17, 15) is 0 Å². The molecule has 6 heteroatoms. The molecule has 2 unspecified atom stereocenters. The predicted octanol–water partition coefficient (Wildman–Crippen LogP) is 3.58. The number of H-pyrrole nitrogens is 1. The third-order valence-electron chi connectivity index (χ3n) is 6.85. The minimum atomic E-state index is -0.0890. The maximum absolute atomic E-state index is 6.28. The Morgan fingerprint density at radius 1 is 1.00 bits per heavy atom. The molecule has 0 amide bonds. The number of hydrogen-bond donors (Lipinski definition) is 1. The van der Waals surface area contributed by atoms with Gasteiger partial charge in [-0.25, -0.2) is 0 Å². The van der Waals surface area contributed by atoms with Gasteiger partial charge in [-0.1, -0.05) is 30.3 Å². The molecule has 2 aromatic rings. The summed E-state index contributed by atoms with van der Waals surface area (Å²) in [4.78, 5) is 7.77. The minimum absolute atomic E-state index is 0.0890. The molecule has 2 saturated heterocycles. The Labute approximate surface area is 193 Å². The molecule has 0 saturated carbocycles. The van der Waals surface area contributed by atoms with Crippen LogP contribution in [0.4, 0.5) is 0 Å². The average Bonchev–Trinajstić information content (AvgIpc) is 3.31. The van der Waals surface area contributed by atoms with Crippen molar-refractivity contribution in [3.8, 4) is 11.3 Å². The van der Waals surface area contributed by atoms with Crippen molar-refractivity contribution < 1.29 is 4.74 Å². The van der Waals surface area contributed by atoms with E-state index in [2.05, 4.69) is 89.2 Å². The Morgan fingerprint density at radius 3 is 2.56 bits per heavy atom. The van der Waals surface area contributed by atoms with E-state index in [1.165, 1.54) is 50.3 Å². The zero-order valence-electron chi connectivity index (χ0n) is 20.4. The second-order valence-corrected chi connectivity index (χ2v) is 10.7. The van der Waals surface area contributed by atoms with Crippen molar-refractivity contribution in [1.29, 1.82) is 0 Å². The van der Waals surface area contributed by atoms with Crippen molar-refractivity contribution in [2.75, 3.05) is 59.5 Å². The van der Waals surface area contributed by atoms with Gasteiger partial charge in [0.05, 0.1) is 17.9 Å². The van der Waals surface area contributed by atoms with Crippen LogP contribution in [0.2, 0.25) is 0 Å². The smallest absolute Gasteiger partial charge is 0.0965 e. The highest BCUT2D eigenvalue weighted by Gasteiger charge is 2.35. The first-order chi connectivity index (χ1) is 15.4. The Balaban J connectivity index is 1.43. The molecule has 176 valence electrons. The summed E-state index contributed by atoms with van der Waals surface area (Å²) >= 11 is 0. The molecular formula is C26H41N5O. The first-order valence-electron chi connectivity index (χ1n) is 12.2. The van der Waals surface area contributed by atoms with Gasteiger partial charge >= 0.3 is 0 Å². The molecule has 2 aliphatic rings. The number of aromatic nitrogens is 2. The Hall–Kier alpha value is -1.73. The van der Waals surface area contributed by atoms with Crippen LogP contribution in [0, 0.1) is 11.8 Å². The lowest BCUT2D eigenvalue weighted by atomic mass is 9.96. The average molecular weight is 440 g/mol. The highest BCUT2D eigenvalue weighted by Crippen LogP contribution is 2.30. The van der Waals surface area contributed by atoms with Gasteiger partial charge in [-0.15, -0.1) is 0 Å². The Kier molecular flexibility index (Phi) is 7.66. The number of benzene rings is 1. The number of nitrogens with one attached hydrogen (secondary N) is 1. The van der Waals surface area contributed by atoms with Crippen molar-refractivity contribution in [2.24, 2.45) is 11.8 Å². The molecule has 32 heavy (non-hydrogen) atoms. The normalized spacial score (nSPS) is 24.1. The monoisotopic (exact) mass is 439 g/mol. The largest absolute Gasteiger partial charge is 0.376 e.